The Morgan fingerprint density at radius 2 is 1.69 bits per heavy atom. The zero-order valence-electron chi connectivity index (χ0n) is 9.36. The van der Waals surface area contributed by atoms with Crippen molar-refractivity contribution in [2.75, 3.05) is 13.6 Å². The maximum absolute atomic E-state index is 9.80. The van der Waals surface area contributed by atoms with Gasteiger partial charge in [0, 0.05) is 5.41 Å². The lowest BCUT2D eigenvalue weighted by Crippen LogP contribution is -2.27. The fraction of sp³-hybridized carbons (Fsp3) is 0.818. The Morgan fingerprint density at radius 3 is 2.08 bits per heavy atom. The Balaban J connectivity index is 4.20. The van der Waals surface area contributed by atoms with Crippen LogP contribution in [0.3, 0.4) is 0 Å². The second-order valence-electron chi connectivity index (χ2n) is 4.63. The van der Waals surface area contributed by atoms with E-state index in [9.17, 15) is 5.11 Å². The molecule has 2 N–H and O–H groups in total. The molecule has 0 aliphatic rings. The molecular weight excluding hydrogens is 162 g/mol. The average Bonchev–Trinajstić information content (AvgIpc) is 1.97. The van der Waals surface area contributed by atoms with Crippen LogP contribution < -0.4 is 5.32 Å². The lowest BCUT2D eigenvalue weighted by atomic mass is 9.94. The van der Waals surface area contributed by atoms with Crippen LogP contribution in [-0.2, 0) is 0 Å². The van der Waals surface area contributed by atoms with E-state index in [1.165, 1.54) is 0 Å². The third kappa shape index (κ3) is 7.83. The number of aliphatic hydroxyl groups is 1. The molecule has 0 fully saturated rings. The molecule has 0 radical (unpaired) electrons. The highest BCUT2D eigenvalue weighted by Crippen LogP contribution is 2.13. The van der Waals surface area contributed by atoms with E-state index >= 15 is 0 Å². The fourth-order valence-corrected chi connectivity index (χ4v) is 0.753. The summed E-state index contributed by atoms with van der Waals surface area (Å²) in [5, 5.41) is 12.8. The van der Waals surface area contributed by atoms with Crippen LogP contribution in [0.1, 0.15) is 34.1 Å². The smallest absolute Gasteiger partial charge is 0.123 e. The van der Waals surface area contributed by atoms with Gasteiger partial charge in [-0.3, -0.25) is 0 Å². The second kappa shape index (κ2) is 4.64. The van der Waals surface area contributed by atoms with Crippen molar-refractivity contribution in [2.45, 2.75) is 39.7 Å². The molecule has 13 heavy (non-hydrogen) atoms. The van der Waals surface area contributed by atoms with Crippen molar-refractivity contribution < 1.29 is 5.11 Å². The molecule has 1 unspecified atom stereocenters. The zero-order chi connectivity index (χ0) is 10.5. The molecule has 0 aliphatic carbocycles. The molecule has 0 saturated carbocycles. The normalized spacial score (nSPS) is 15.8. The van der Waals surface area contributed by atoms with Crippen molar-refractivity contribution in [3.8, 4) is 11.8 Å². The van der Waals surface area contributed by atoms with Crippen molar-refractivity contribution >= 4 is 0 Å². The SMILES string of the molecule is CNCCC(C)(O)C#CC(C)(C)C. The molecule has 0 aromatic heterocycles. The third-order valence-corrected chi connectivity index (χ3v) is 1.57. The van der Waals surface area contributed by atoms with Crippen molar-refractivity contribution in [1.29, 1.82) is 0 Å². The second-order valence-corrected chi connectivity index (χ2v) is 4.63. The topological polar surface area (TPSA) is 32.3 Å². The van der Waals surface area contributed by atoms with Crippen molar-refractivity contribution in [3.63, 3.8) is 0 Å². The summed E-state index contributed by atoms with van der Waals surface area (Å²) in [4.78, 5) is 0. The van der Waals surface area contributed by atoms with Crippen LogP contribution in [0.2, 0.25) is 0 Å². The molecule has 0 aromatic rings. The van der Waals surface area contributed by atoms with Crippen LogP contribution in [-0.4, -0.2) is 24.3 Å². The molecule has 0 bridgehead atoms. The van der Waals surface area contributed by atoms with E-state index in [2.05, 4.69) is 17.2 Å². The monoisotopic (exact) mass is 183 g/mol. The van der Waals surface area contributed by atoms with Gasteiger partial charge in [-0.05, 0) is 47.7 Å². The zero-order valence-corrected chi connectivity index (χ0v) is 9.36. The molecule has 1 atom stereocenters. The summed E-state index contributed by atoms with van der Waals surface area (Å²) < 4.78 is 0. The van der Waals surface area contributed by atoms with Gasteiger partial charge in [-0.1, -0.05) is 11.8 Å². The van der Waals surface area contributed by atoms with Crippen LogP contribution in [0.15, 0.2) is 0 Å². The predicted molar refractivity (Wildman–Crippen MR) is 56.4 cm³/mol. The maximum atomic E-state index is 9.80. The molecule has 0 saturated heterocycles. The van der Waals surface area contributed by atoms with Gasteiger partial charge in [-0.2, -0.15) is 0 Å². The van der Waals surface area contributed by atoms with Crippen LogP contribution in [0, 0.1) is 17.3 Å². The van der Waals surface area contributed by atoms with Crippen LogP contribution in [0.5, 0.6) is 0 Å². The minimum Gasteiger partial charge on any atom is -0.378 e. The summed E-state index contributed by atoms with van der Waals surface area (Å²) in [5.41, 5.74) is -0.903. The number of nitrogens with one attached hydrogen (secondary N) is 1. The Bertz CT molecular complexity index is 202. The van der Waals surface area contributed by atoms with Gasteiger partial charge in [-0.15, -0.1) is 0 Å². The highest BCUT2D eigenvalue weighted by molar-refractivity contribution is 5.16. The summed E-state index contributed by atoms with van der Waals surface area (Å²) in [6.07, 6.45) is 0.659. The molecule has 0 spiro atoms. The molecule has 0 aliphatic heterocycles. The van der Waals surface area contributed by atoms with E-state index in [0.717, 1.165) is 6.54 Å². The highest BCUT2D eigenvalue weighted by atomic mass is 16.3. The van der Waals surface area contributed by atoms with Gasteiger partial charge in [0.15, 0.2) is 0 Å². The Morgan fingerprint density at radius 1 is 1.15 bits per heavy atom. The third-order valence-electron chi connectivity index (χ3n) is 1.57. The molecule has 0 aromatic carbocycles. The van der Waals surface area contributed by atoms with E-state index in [4.69, 9.17) is 0 Å². The molecule has 76 valence electrons. The van der Waals surface area contributed by atoms with Crippen LogP contribution >= 0.6 is 0 Å². The van der Waals surface area contributed by atoms with Crippen LogP contribution in [0.4, 0.5) is 0 Å². The highest BCUT2D eigenvalue weighted by Gasteiger charge is 2.16. The van der Waals surface area contributed by atoms with Crippen molar-refractivity contribution in [3.05, 3.63) is 0 Å². The summed E-state index contributed by atoms with van der Waals surface area (Å²) >= 11 is 0. The largest absolute Gasteiger partial charge is 0.378 e. The Hall–Kier alpha value is -0.520. The van der Waals surface area contributed by atoms with Gasteiger partial charge in [0.2, 0.25) is 0 Å². The van der Waals surface area contributed by atoms with Crippen molar-refractivity contribution in [1.82, 2.24) is 5.32 Å². The fourth-order valence-electron chi connectivity index (χ4n) is 0.753. The van der Waals surface area contributed by atoms with Crippen molar-refractivity contribution in [2.24, 2.45) is 5.41 Å². The molecule has 2 heteroatoms. The lowest BCUT2D eigenvalue weighted by Gasteiger charge is -2.17. The standard InChI is InChI=1S/C11H21NO/c1-10(2,3)6-7-11(4,13)8-9-12-5/h12-13H,8-9H2,1-5H3. The van der Waals surface area contributed by atoms with Gasteiger partial charge >= 0.3 is 0 Å². The van der Waals surface area contributed by atoms with Gasteiger partial charge < -0.3 is 10.4 Å². The van der Waals surface area contributed by atoms with E-state index in [-0.39, 0.29) is 5.41 Å². The summed E-state index contributed by atoms with van der Waals surface area (Å²) in [6, 6.07) is 0. The Labute approximate surface area is 81.7 Å². The van der Waals surface area contributed by atoms with E-state index in [1.54, 1.807) is 6.92 Å². The molecule has 0 rings (SSSR count). The molecule has 2 nitrogen and oxygen atoms in total. The minimum atomic E-state index is -0.865. The van der Waals surface area contributed by atoms with E-state index in [0.29, 0.717) is 6.42 Å². The molecule has 0 heterocycles. The van der Waals surface area contributed by atoms with E-state index in [1.807, 2.05) is 27.8 Å². The summed E-state index contributed by atoms with van der Waals surface area (Å²) in [7, 11) is 1.87. The van der Waals surface area contributed by atoms with Gasteiger partial charge in [0.1, 0.15) is 5.60 Å². The average molecular weight is 183 g/mol. The lowest BCUT2D eigenvalue weighted by molar-refractivity contribution is 0.112. The first kappa shape index (κ1) is 12.5. The number of hydrogen-bond donors (Lipinski definition) is 2. The number of rotatable bonds is 3. The first-order valence-electron chi connectivity index (χ1n) is 4.68. The predicted octanol–water partition coefficient (Wildman–Crippen LogP) is 1.40. The minimum absolute atomic E-state index is 0.0381. The summed E-state index contributed by atoms with van der Waals surface area (Å²) in [5.74, 6) is 5.94. The van der Waals surface area contributed by atoms with Gasteiger partial charge in [-0.25, -0.2) is 0 Å². The molecular formula is C11H21NO. The first-order chi connectivity index (χ1) is 5.77. The van der Waals surface area contributed by atoms with Gasteiger partial charge in [0.05, 0.1) is 0 Å². The maximum Gasteiger partial charge on any atom is 0.123 e. The first-order valence-corrected chi connectivity index (χ1v) is 4.68. The summed E-state index contributed by atoms with van der Waals surface area (Å²) in [6.45, 7) is 8.64. The van der Waals surface area contributed by atoms with Gasteiger partial charge in [0.25, 0.3) is 0 Å². The Kier molecular flexibility index (Phi) is 4.46. The molecule has 0 amide bonds. The van der Waals surface area contributed by atoms with Crippen LogP contribution in [0.25, 0.3) is 0 Å². The quantitative estimate of drug-likeness (QED) is 0.648. The van der Waals surface area contributed by atoms with E-state index < -0.39 is 5.60 Å². The number of hydrogen-bond acceptors (Lipinski definition) is 2.